The van der Waals surface area contributed by atoms with Crippen LogP contribution in [0.15, 0.2) is 42.7 Å². The van der Waals surface area contributed by atoms with Gasteiger partial charge in [-0.2, -0.15) is 0 Å². The van der Waals surface area contributed by atoms with Crippen LogP contribution < -0.4 is 5.32 Å². The van der Waals surface area contributed by atoms with E-state index in [1.807, 2.05) is 36.0 Å². The lowest BCUT2D eigenvalue weighted by molar-refractivity contribution is -0.132. The van der Waals surface area contributed by atoms with Crippen molar-refractivity contribution in [3.63, 3.8) is 0 Å². The first kappa shape index (κ1) is 18.3. The van der Waals surface area contributed by atoms with E-state index >= 15 is 0 Å². The predicted molar refractivity (Wildman–Crippen MR) is 119 cm³/mol. The zero-order valence-electron chi connectivity index (χ0n) is 17.1. The Kier molecular flexibility index (Phi) is 4.30. The molecule has 4 aliphatic carbocycles. The lowest BCUT2D eigenvalue weighted by Gasteiger charge is -2.53. The fraction of sp³-hybridized carbons (Fsp3) is 0.458. The number of aryl methyl sites for hydroxylation is 1. The van der Waals surface area contributed by atoms with Crippen LogP contribution in [0.4, 0.5) is 5.13 Å². The van der Waals surface area contributed by atoms with Gasteiger partial charge < -0.3 is 9.88 Å². The number of rotatable bonds is 4. The molecule has 0 atom stereocenters. The summed E-state index contributed by atoms with van der Waals surface area (Å²) in [5.74, 6) is 4.11. The second-order valence-corrected chi connectivity index (χ2v) is 10.4. The summed E-state index contributed by atoms with van der Waals surface area (Å²) in [4.78, 5) is 23.7. The van der Waals surface area contributed by atoms with Crippen molar-refractivity contribution in [1.82, 2.24) is 14.5 Å². The van der Waals surface area contributed by atoms with Gasteiger partial charge in [-0.25, -0.2) is 9.97 Å². The summed E-state index contributed by atoms with van der Waals surface area (Å²) < 4.78 is 2.00. The first-order chi connectivity index (χ1) is 14.7. The SMILES string of the molecule is Cn1ccnc1-c1sc(NC(=O)C2C3CC4CC(C3)CC2C4)nc1-c1ccccc1. The van der Waals surface area contributed by atoms with Crippen LogP contribution in [0.25, 0.3) is 22.0 Å². The van der Waals surface area contributed by atoms with E-state index in [1.165, 1.54) is 43.4 Å². The third-order valence-electron chi connectivity index (χ3n) is 7.46. The van der Waals surface area contributed by atoms with Crippen LogP contribution >= 0.6 is 11.3 Å². The zero-order chi connectivity index (χ0) is 20.2. The average molecular weight is 419 g/mol. The minimum absolute atomic E-state index is 0.165. The number of carbonyl (C=O) groups is 1. The second kappa shape index (κ2) is 7.05. The maximum Gasteiger partial charge on any atom is 0.229 e. The van der Waals surface area contributed by atoms with Gasteiger partial charge in [-0.15, -0.1) is 0 Å². The van der Waals surface area contributed by atoms with Crippen molar-refractivity contribution >= 4 is 22.4 Å². The number of hydrogen-bond acceptors (Lipinski definition) is 4. The minimum atomic E-state index is 0.165. The van der Waals surface area contributed by atoms with E-state index in [4.69, 9.17) is 4.98 Å². The van der Waals surface area contributed by atoms with Crippen molar-refractivity contribution in [3.8, 4) is 22.0 Å². The summed E-state index contributed by atoms with van der Waals surface area (Å²) in [5.41, 5.74) is 1.93. The molecule has 2 heterocycles. The molecule has 30 heavy (non-hydrogen) atoms. The molecule has 0 unspecified atom stereocenters. The topological polar surface area (TPSA) is 59.8 Å². The Morgan fingerprint density at radius 1 is 1.07 bits per heavy atom. The quantitative estimate of drug-likeness (QED) is 0.632. The molecular weight excluding hydrogens is 392 g/mol. The summed E-state index contributed by atoms with van der Waals surface area (Å²) in [6.07, 6.45) is 10.1. The lowest BCUT2D eigenvalue weighted by atomic mass is 9.51. The highest BCUT2D eigenvalue weighted by Crippen LogP contribution is 2.56. The van der Waals surface area contributed by atoms with Crippen LogP contribution in [0.2, 0.25) is 0 Å². The number of carbonyl (C=O) groups excluding carboxylic acids is 1. The first-order valence-electron chi connectivity index (χ1n) is 11.0. The van der Waals surface area contributed by atoms with Crippen LogP contribution in [-0.4, -0.2) is 20.4 Å². The summed E-state index contributed by atoms with van der Waals surface area (Å²) in [7, 11) is 1.99. The molecule has 6 heteroatoms. The standard InChI is InChI=1S/C24H26N4OS/c1-28-8-7-25-22(28)21-20(16-5-3-2-4-6-16)26-24(30-21)27-23(29)19-17-10-14-9-15(12-17)13-18(19)11-14/h2-8,14-15,17-19H,9-13H2,1H3,(H,26,27,29). The van der Waals surface area contributed by atoms with Gasteiger partial charge in [-0.1, -0.05) is 41.7 Å². The van der Waals surface area contributed by atoms with Gasteiger partial charge in [0.15, 0.2) is 11.0 Å². The number of anilines is 1. The van der Waals surface area contributed by atoms with E-state index < -0.39 is 0 Å². The Morgan fingerprint density at radius 2 is 1.77 bits per heavy atom. The molecule has 4 fully saturated rings. The van der Waals surface area contributed by atoms with Crippen LogP contribution in [-0.2, 0) is 11.8 Å². The molecule has 154 valence electrons. The number of imidazole rings is 1. The smallest absolute Gasteiger partial charge is 0.229 e. The Hall–Kier alpha value is -2.47. The summed E-state index contributed by atoms with van der Waals surface area (Å²) in [6.45, 7) is 0. The van der Waals surface area contributed by atoms with E-state index in [1.54, 1.807) is 6.20 Å². The summed E-state index contributed by atoms with van der Waals surface area (Å²) in [5, 5.41) is 3.90. The van der Waals surface area contributed by atoms with E-state index in [-0.39, 0.29) is 11.8 Å². The Balaban J connectivity index is 1.32. The molecule has 0 spiro atoms. The molecule has 4 bridgehead atoms. The number of aromatic nitrogens is 3. The van der Waals surface area contributed by atoms with Crippen LogP contribution in [0.5, 0.6) is 0 Å². The molecule has 0 aliphatic heterocycles. The largest absolute Gasteiger partial charge is 0.333 e. The maximum absolute atomic E-state index is 13.3. The van der Waals surface area contributed by atoms with E-state index in [0.717, 1.165) is 33.8 Å². The lowest BCUT2D eigenvalue weighted by Crippen LogP contribution is -2.49. The number of hydrogen-bond donors (Lipinski definition) is 1. The van der Waals surface area contributed by atoms with Gasteiger partial charge in [0.25, 0.3) is 0 Å². The Bertz CT molecular complexity index is 1060. The average Bonchev–Trinajstić information content (AvgIpc) is 3.33. The van der Waals surface area contributed by atoms with E-state index in [2.05, 4.69) is 22.4 Å². The fourth-order valence-corrected chi connectivity index (χ4v) is 7.47. The summed E-state index contributed by atoms with van der Waals surface area (Å²) in [6, 6.07) is 10.2. The highest BCUT2D eigenvalue weighted by atomic mass is 32.1. The second-order valence-electron chi connectivity index (χ2n) is 9.37. The third kappa shape index (κ3) is 3.00. The van der Waals surface area contributed by atoms with Crippen LogP contribution in [0, 0.1) is 29.6 Å². The van der Waals surface area contributed by atoms with Crippen molar-refractivity contribution in [1.29, 1.82) is 0 Å². The van der Waals surface area contributed by atoms with Gasteiger partial charge in [-0.3, -0.25) is 4.79 Å². The molecule has 7 rings (SSSR count). The highest BCUT2D eigenvalue weighted by Gasteiger charge is 2.50. The molecule has 2 aromatic heterocycles. The molecule has 4 aliphatic rings. The van der Waals surface area contributed by atoms with Crippen LogP contribution in [0.1, 0.15) is 32.1 Å². The van der Waals surface area contributed by atoms with Gasteiger partial charge in [0.2, 0.25) is 5.91 Å². The van der Waals surface area contributed by atoms with Crippen molar-refractivity contribution in [3.05, 3.63) is 42.7 Å². The number of thiazole rings is 1. The van der Waals surface area contributed by atoms with Gasteiger partial charge >= 0.3 is 0 Å². The number of amides is 1. The fourth-order valence-electron chi connectivity index (χ4n) is 6.44. The summed E-state index contributed by atoms with van der Waals surface area (Å²) >= 11 is 1.53. The molecule has 4 saturated carbocycles. The van der Waals surface area contributed by atoms with Crippen molar-refractivity contribution in [2.75, 3.05) is 5.32 Å². The van der Waals surface area contributed by atoms with E-state index in [0.29, 0.717) is 17.0 Å². The third-order valence-corrected chi connectivity index (χ3v) is 8.43. The Labute approximate surface area is 180 Å². The molecule has 5 nitrogen and oxygen atoms in total. The van der Waals surface area contributed by atoms with Gasteiger partial charge in [-0.05, 0) is 55.8 Å². The zero-order valence-corrected chi connectivity index (χ0v) is 17.9. The molecule has 1 N–H and O–H groups in total. The molecule has 1 aromatic carbocycles. The van der Waals surface area contributed by atoms with Gasteiger partial charge in [0, 0.05) is 30.9 Å². The molecule has 3 aromatic rings. The predicted octanol–water partition coefficient (Wildman–Crippen LogP) is 5.22. The Morgan fingerprint density at radius 3 is 2.40 bits per heavy atom. The number of nitrogens with one attached hydrogen (secondary N) is 1. The highest BCUT2D eigenvalue weighted by molar-refractivity contribution is 7.19. The van der Waals surface area contributed by atoms with Crippen LogP contribution in [0.3, 0.4) is 0 Å². The monoisotopic (exact) mass is 418 g/mol. The first-order valence-corrected chi connectivity index (χ1v) is 11.8. The van der Waals surface area contributed by atoms with Crippen molar-refractivity contribution in [2.24, 2.45) is 36.6 Å². The molecule has 1 amide bonds. The number of benzene rings is 1. The maximum atomic E-state index is 13.3. The van der Waals surface area contributed by atoms with E-state index in [9.17, 15) is 4.79 Å². The normalized spacial score (nSPS) is 29.3. The molecule has 0 radical (unpaired) electrons. The van der Waals surface area contributed by atoms with Crippen molar-refractivity contribution in [2.45, 2.75) is 32.1 Å². The van der Waals surface area contributed by atoms with Crippen molar-refractivity contribution < 1.29 is 4.79 Å². The molecule has 0 saturated heterocycles. The minimum Gasteiger partial charge on any atom is -0.333 e. The van der Waals surface area contributed by atoms with Gasteiger partial charge in [0.05, 0.1) is 10.6 Å². The molecular formula is C24H26N4OS. The van der Waals surface area contributed by atoms with Gasteiger partial charge in [0.1, 0.15) is 0 Å². The number of nitrogens with zero attached hydrogens (tertiary/aromatic N) is 3.